The van der Waals surface area contributed by atoms with E-state index in [1.54, 1.807) is 7.05 Å². The van der Waals surface area contributed by atoms with Crippen LogP contribution in [-0.2, 0) is 4.74 Å². The van der Waals surface area contributed by atoms with E-state index in [9.17, 15) is 18.0 Å². The summed E-state index contributed by atoms with van der Waals surface area (Å²) >= 11 is 0. The van der Waals surface area contributed by atoms with E-state index in [1.165, 1.54) is 37.7 Å². The molecule has 0 aliphatic carbocycles. The molecule has 0 aliphatic heterocycles. The number of nitrogens with zero attached hydrogens (tertiary/aromatic N) is 2. The maximum atomic E-state index is 12.7. The van der Waals surface area contributed by atoms with Crippen molar-refractivity contribution in [2.24, 2.45) is 0 Å². The molecular weight excluding hydrogens is 417 g/mol. The third kappa shape index (κ3) is 7.59. The van der Waals surface area contributed by atoms with Crippen LogP contribution in [0.4, 0.5) is 19.1 Å². The van der Waals surface area contributed by atoms with Gasteiger partial charge < -0.3 is 30.8 Å². The highest BCUT2D eigenvalue weighted by Gasteiger charge is 2.31. The number of carbonyl (C=O) groups is 1. The summed E-state index contributed by atoms with van der Waals surface area (Å²) in [7, 11) is 3.09. The molecule has 1 atom stereocenters. The van der Waals surface area contributed by atoms with E-state index in [1.807, 2.05) is 0 Å². The van der Waals surface area contributed by atoms with Gasteiger partial charge in [0, 0.05) is 32.8 Å². The molecule has 1 amide bonds. The number of aromatic nitrogens is 2. The van der Waals surface area contributed by atoms with Crippen molar-refractivity contribution in [1.82, 2.24) is 20.6 Å². The van der Waals surface area contributed by atoms with E-state index in [2.05, 4.69) is 30.7 Å². The average Bonchev–Trinajstić information content (AvgIpc) is 2.72. The van der Waals surface area contributed by atoms with Crippen LogP contribution in [0.5, 0.6) is 5.75 Å². The highest BCUT2D eigenvalue weighted by atomic mass is 19.4. The molecular formula is C19H21F3N6O3. The molecule has 0 radical (unpaired) electrons. The molecule has 0 saturated heterocycles. The Morgan fingerprint density at radius 2 is 1.97 bits per heavy atom. The lowest BCUT2D eigenvalue weighted by molar-refractivity contribution is -0.274. The SMILES string of the molecule is CN/C=C(\C=N)Nc1nccc(C(=O)NC(COC)c2ccc(OC(F)(F)F)cc2)n1. The fraction of sp³-hybridized carbons (Fsp3) is 0.263. The molecule has 31 heavy (non-hydrogen) atoms. The number of hydrogen-bond donors (Lipinski definition) is 4. The first-order chi connectivity index (χ1) is 14.8. The van der Waals surface area contributed by atoms with Gasteiger partial charge in [0.1, 0.15) is 11.4 Å². The number of halogens is 3. The van der Waals surface area contributed by atoms with Crippen LogP contribution in [0.2, 0.25) is 0 Å². The van der Waals surface area contributed by atoms with Gasteiger partial charge in [0.25, 0.3) is 5.91 Å². The third-order valence-corrected chi connectivity index (χ3v) is 3.75. The van der Waals surface area contributed by atoms with Gasteiger partial charge in [-0.1, -0.05) is 12.1 Å². The molecule has 0 spiro atoms. The van der Waals surface area contributed by atoms with E-state index in [0.717, 1.165) is 18.3 Å². The zero-order valence-electron chi connectivity index (χ0n) is 16.7. The molecule has 12 heteroatoms. The first-order valence-electron chi connectivity index (χ1n) is 8.89. The van der Waals surface area contributed by atoms with Crippen molar-refractivity contribution in [2.75, 3.05) is 26.1 Å². The van der Waals surface area contributed by atoms with Crippen molar-refractivity contribution in [1.29, 1.82) is 5.41 Å². The number of hydrogen-bond acceptors (Lipinski definition) is 8. The quantitative estimate of drug-likeness (QED) is 0.421. The van der Waals surface area contributed by atoms with Gasteiger partial charge in [0.15, 0.2) is 0 Å². The summed E-state index contributed by atoms with van der Waals surface area (Å²) < 4.78 is 45.9. The fourth-order valence-corrected chi connectivity index (χ4v) is 2.47. The number of ether oxygens (including phenoxy) is 2. The molecule has 0 fully saturated rings. The Labute approximate surface area is 176 Å². The van der Waals surface area contributed by atoms with Gasteiger partial charge in [0.2, 0.25) is 5.95 Å². The zero-order chi connectivity index (χ0) is 22.9. The third-order valence-electron chi connectivity index (χ3n) is 3.75. The van der Waals surface area contributed by atoms with Gasteiger partial charge >= 0.3 is 6.36 Å². The van der Waals surface area contributed by atoms with Crippen molar-refractivity contribution in [2.45, 2.75) is 12.4 Å². The molecule has 1 unspecified atom stereocenters. The summed E-state index contributed by atoms with van der Waals surface area (Å²) in [6, 6.07) is 5.85. The van der Waals surface area contributed by atoms with E-state index >= 15 is 0 Å². The number of nitrogens with one attached hydrogen (secondary N) is 4. The number of rotatable bonds is 10. The Morgan fingerprint density at radius 1 is 1.26 bits per heavy atom. The topological polar surface area (TPSA) is 121 Å². The number of allylic oxidation sites excluding steroid dienone is 1. The summed E-state index contributed by atoms with van der Waals surface area (Å²) in [5, 5.41) is 15.6. The van der Waals surface area contributed by atoms with Crippen LogP contribution in [-0.4, -0.2) is 49.2 Å². The Bertz CT molecular complexity index is 919. The van der Waals surface area contributed by atoms with E-state index in [-0.39, 0.29) is 24.0 Å². The summed E-state index contributed by atoms with van der Waals surface area (Å²) in [5.41, 5.74) is 0.933. The maximum absolute atomic E-state index is 12.7. The standard InChI is InChI=1S/C19H21F3N6O3/c1-24-10-13(9-23)26-18-25-8-7-15(28-18)17(29)27-16(11-30-2)12-3-5-14(6-4-12)31-19(20,21)22/h3-10,16,23-24H,11H2,1-2H3,(H,27,29)(H,25,26,28)/b13-10+,23-9?. The predicted molar refractivity (Wildman–Crippen MR) is 107 cm³/mol. The Hall–Kier alpha value is -3.67. The summed E-state index contributed by atoms with van der Waals surface area (Å²) in [6.45, 7) is 0.0737. The van der Waals surface area contributed by atoms with Crippen LogP contribution < -0.4 is 20.7 Å². The van der Waals surface area contributed by atoms with Crippen LogP contribution in [0, 0.1) is 5.41 Å². The summed E-state index contributed by atoms with van der Waals surface area (Å²) in [5.74, 6) is -0.811. The van der Waals surface area contributed by atoms with Gasteiger partial charge in [-0.3, -0.25) is 4.79 Å². The van der Waals surface area contributed by atoms with Gasteiger partial charge in [-0.15, -0.1) is 13.2 Å². The van der Waals surface area contributed by atoms with Crippen LogP contribution in [0.3, 0.4) is 0 Å². The highest BCUT2D eigenvalue weighted by Crippen LogP contribution is 2.24. The number of anilines is 1. The molecule has 0 bridgehead atoms. The lowest BCUT2D eigenvalue weighted by Gasteiger charge is -2.19. The van der Waals surface area contributed by atoms with Gasteiger partial charge in [-0.2, -0.15) is 0 Å². The molecule has 2 rings (SSSR count). The number of alkyl halides is 3. The second-order valence-corrected chi connectivity index (χ2v) is 6.02. The smallest absolute Gasteiger partial charge is 0.406 e. The van der Waals surface area contributed by atoms with Crippen LogP contribution in [0.1, 0.15) is 22.1 Å². The number of amides is 1. The van der Waals surface area contributed by atoms with E-state index in [4.69, 9.17) is 10.1 Å². The maximum Gasteiger partial charge on any atom is 0.573 e. The normalized spacial score (nSPS) is 12.6. The molecule has 9 nitrogen and oxygen atoms in total. The Balaban J connectivity index is 2.14. The molecule has 1 aromatic heterocycles. The van der Waals surface area contributed by atoms with Crippen LogP contribution >= 0.6 is 0 Å². The second kappa shape index (κ2) is 10.9. The van der Waals surface area contributed by atoms with E-state index < -0.39 is 18.3 Å². The minimum atomic E-state index is -4.79. The highest BCUT2D eigenvalue weighted by molar-refractivity contribution is 5.92. The minimum absolute atomic E-state index is 0.0458. The van der Waals surface area contributed by atoms with Gasteiger partial charge in [-0.05, 0) is 23.8 Å². The van der Waals surface area contributed by atoms with Crippen molar-refractivity contribution in [3.05, 3.63) is 59.7 Å². The van der Waals surface area contributed by atoms with Crippen molar-refractivity contribution in [3.63, 3.8) is 0 Å². The monoisotopic (exact) mass is 438 g/mol. The molecule has 1 aromatic carbocycles. The zero-order valence-corrected chi connectivity index (χ0v) is 16.7. The fourth-order valence-electron chi connectivity index (χ4n) is 2.47. The Kier molecular flexibility index (Phi) is 8.32. The van der Waals surface area contributed by atoms with Crippen molar-refractivity contribution < 1.29 is 27.4 Å². The number of benzene rings is 1. The molecule has 0 aliphatic rings. The van der Waals surface area contributed by atoms with Crippen LogP contribution in [0.15, 0.2) is 48.4 Å². The number of methoxy groups -OCH3 is 1. The minimum Gasteiger partial charge on any atom is -0.406 e. The largest absolute Gasteiger partial charge is 0.573 e. The summed E-state index contributed by atoms with van der Waals surface area (Å²) in [4.78, 5) is 20.8. The lowest BCUT2D eigenvalue weighted by Crippen LogP contribution is -2.32. The average molecular weight is 438 g/mol. The first kappa shape index (κ1) is 23.6. The van der Waals surface area contributed by atoms with Gasteiger partial charge in [0.05, 0.1) is 18.3 Å². The predicted octanol–water partition coefficient (Wildman–Crippen LogP) is 2.61. The second-order valence-electron chi connectivity index (χ2n) is 6.02. The molecule has 0 saturated carbocycles. The molecule has 4 N–H and O–H groups in total. The lowest BCUT2D eigenvalue weighted by atomic mass is 10.1. The first-order valence-corrected chi connectivity index (χ1v) is 8.89. The number of carbonyl (C=O) groups excluding carboxylic acids is 1. The summed E-state index contributed by atoms with van der Waals surface area (Å²) in [6.07, 6.45) is -0.850. The van der Waals surface area contributed by atoms with Gasteiger partial charge in [-0.25, -0.2) is 9.97 Å². The molecule has 2 aromatic rings. The van der Waals surface area contributed by atoms with Crippen molar-refractivity contribution >= 4 is 18.1 Å². The molecule has 1 heterocycles. The Morgan fingerprint density at radius 3 is 2.55 bits per heavy atom. The van der Waals surface area contributed by atoms with Crippen LogP contribution in [0.25, 0.3) is 0 Å². The van der Waals surface area contributed by atoms with E-state index in [0.29, 0.717) is 11.3 Å². The van der Waals surface area contributed by atoms with Crippen molar-refractivity contribution in [3.8, 4) is 5.75 Å². The molecule has 166 valence electrons.